The molecule has 3 aromatic carbocycles. The van der Waals surface area contributed by atoms with Crippen molar-refractivity contribution in [3.8, 4) is 28.9 Å². The normalized spacial score (nSPS) is 11.8. The molecule has 0 aliphatic carbocycles. The summed E-state index contributed by atoms with van der Waals surface area (Å²) in [7, 11) is 0. The van der Waals surface area contributed by atoms with E-state index >= 15 is 0 Å². The van der Waals surface area contributed by atoms with Crippen molar-refractivity contribution >= 4 is 32.7 Å². The molecule has 0 spiro atoms. The monoisotopic (exact) mass is 711 g/mol. The van der Waals surface area contributed by atoms with E-state index in [9.17, 15) is 10.2 Å². The Kier molecular flexibility index (Phi) is 7.09. The smallest absolute Gasteiger partial charge is 0.217 e. The molecule has 6 aromatic rings. The fraction of sp³-hybridized carbons (Fsp3) is 0.212. The van der Waals surface area contributed by atoms with Crippen LogP contribution in [0.1, 0.15) is 51.7 Å². The van der Waals surface area contributed by atoms with Crippen LogP contribution in [0, 0.1) is 6.07 Å². The topological polar surface area (TPSA) is 80.4 Å². The number of nitrogens with zero attached hydrogens (tertiary/aromatic N) is 3. The van der Waals surface area contributed by atoms with Crippen molar-refractivity contribution in [2.75, 3.05) is 0 Å². The summed E-state index contributed by atoms with van der Waals surface area (Å²) >= 11 is 0. The van der Waals surface area contributed by atoms with Crippen molar-refractivity contribution in [3.63, 3.8) is 0 Å². The summed E-state index contributed by atoms with van der Waals surface area (Å²) in [6.45, 7) is 10.9. The van der Waals surface area contributed by atoms with Gasteiger partial charge in [-0.1, -0.05) is 63.7 Å². The van der Waals surface area contributed by atoms with Crippen LogP contribution in [-0.4, -0.2) is 24.7 Å². The van der Waals surface area contributed by atoms with Crippen molar-refractivity contribution in [1.29, 1.82) is 0 Å². The number of ether oxygens (including phenoxy) is 1. The van der Waals surface area contributed by atoms with Crippen LogP contribution in [0.5, 0.6) is 23.1 Å². The number of aromatic nitrogens is 3. The number of phenols is 2. The molecule has 40 heavy (non-hydrogen) atoms. The molecule has 0 saturated heterocycles. The predicted octanol–water partition coefficient (Wildman–Crippen LogP) is 8.15. The van der Waals surface area contributed by atoms with Crippen LogP contribution in [0.25, 0.3) is 38.5 Å². The number of benzene rings is 3. The third-order valence-electron chi connectivity index (χ3n) is 7.16. The molecular weight excluding hydrogens is 681 g/mol. The average Bonchev–Trinajstić information content (AvgIpc) is 3.24. The van der Waals surface area contributed by atoms with Gasteiger partial charge < -0.3 is 19.5 Å². The first-order valence-corrected chi connectivity index (χ1v) is 13.1. The SMILES string of the molecule is CC(C)c1cc(Oc2ccc3c(O)ccc(O)c3n2)[c-]c2c1c1ccccc1n2-c1cc(C(C)(C)C)ccn1.[Pt]. The third kappa shape index (κ3) is 4.71. The van der Waals surface area contributed by atoms with Gasteiger partial charge in [0.15, 0.2) is 0 Å². The van der Waals surface area contributed by atoms with Crippen LogP contribution in [-0.2, 0) is 26.5 Å². The molecule has 0 fully saturated rings. The second-order valence-corrected chi connectivity index (χ2v) is 11.2. The summed E-state index contributed by atoms with van der Waals surface area (Å²) in [5.74, 6) is 1.86. The van der Waals surface area contributed by atoms with Gasteiger partial charge in [0, 0.05) is 50.0 Å². The first-order valence-electron chi connectivity index (χ1n) is 13.1. The van der Waals surface area contributed by atoms with Gasteiger partial charge in [0.1, 0.15) is 22.8 Å². The van der Waals surface area contributed by atoms with Gasteiger partial charge >= 0.3 is 0 Å². The number of pyridine rings is 2. The van der Waals surface area contributed by atoms with Gasteiger partial charge in [0.25, 0.3) is 0 Å². The Morgan fingerprint density at radius 2 is 1.65 bits per heavy atom. The van der Waals surface area contributed by atoms with E-state index in [1.807, 2.05) is 18.3 Å². The van der Waals surface area contributed by atoms with E-state index in [1.54, 1.807) is 12.1 Å². The minimum Gasteiger partial charge on any atom is -0.507 e. The van der Waals surface area contributed by atoms with Gasteiger partial charge in [-0.2, -0.15) is 0 Å². The Labute approximate surface area is 247 Å². The summed E-state index contributed by atoms with van der Waals surface area (Å²) < 4.78 is 8.40. The molecule has 0 atom stereocenters. The number of aromatic hydroxyl groups is 2. The van der Waals surface area contributed by atoms with E-state index in [0.29, 0.717) is 17.0 Å². The van der Waals surface area contributed by atoms with E-state index in [2.05, 4.69) is 80.6 Å². The van der Waals surface area contributed by atoms with Crippen LogP contribution in [0.3, 0.4) is 0 Å². The van der Waals surface area contributed by atoms with E-state index < -0.39 is 0 Å². The van der Waals surface area contributed by atoms with Crippen LogP contribution in [0.15, 0.2) is 72.9 Å². The number of fused-ring (bicyclic) bond motifs is 4. The average molecular weight is 712 g/mol. The van der Waals surface area contributed by atoms with Gasteiger partial charge in [-0.25, -0.2) is 9.97 Å². The van der Waals surface area contributed by atoms with Gasteiger partial charge in [-0.05, 0) is 58.7 Å². The molecule has 6 nitrogen and oxygen atoms in total. The molecule has 3 heterocycles. The molecule has 206 valence electrons. The Balaban J connectivity index is 0.00000323. The van der Waals surface area contributed by atoms with Crippen molar-refractivity contribution in [2.24, 2.45) is 0 Å². The Morgan fingerprint density at radius 1 is 0.900 bits per heavy atom. The number of phenolic OH excluding ortho intramolecular Hbond substituents is 2. The zero-order valence-electron chi connectivity index (χ0n) is 23.0. The molecule has 0 amide bonds. The van der Waals surface area contributed by atoms with Gasteiger partial charge in [-0.15, -0.1) is 17.7 Å². The van der Waals surface area contributed by atoms with Gasteiger partial charge in [-0.3, -0.25) is 0 Å². The Hall–Kier alpha value is -3.89. The van der Waals surface area contributed by atoms with E-state index in [1.165, 1.54) is 17.7 Å². The fourth-order valence-electron chi connectivity index (χ4n) is 5.11. The number of para-hydroxylation sites is 1. The molecule has 0 bridgehead atoms. The van der Waals surface area contributed by atoms with E-state index in [-0.39, 0.29) is 49.4 Å². The van der Waals surface area contributed by atoms with Crippen LogP contribution in [0.4, 0.5) is 0 Å². The van der Waals surface area contributed by atoms with E-state index in [4.69, 9.17) is 9.72 Å². The summed E-state index contributed by atoms with van der Waals surface area (Å²) in [5, 5.41) is 23.2. The van der Waals surface area contributed by atoms with Gasteiger partial charge in [0.05, 0.1) is 0 Å². The van der Waals surface area contributed by atoms with Crippen LogP contribution in [0.2, 0.25) is 0 Å². The molecule has 0 unspecified atom stereocenters. The molecule has 0 aliphatic heterocycles. The molecule has 2 N–H and O–H groups in total. The maximum Gasteiger partial charge on any atom is 0.217 e. The number of rotatable bonds is 4. The zero-order valence-corrected chi connectivity index (χ0v) is 25.2. The van der Waals surface area contributed by atoms with Crippen molar-refractivity contribution < 1.29 is 36.0 Å². The molecule has 3 aromatic heterocycles. The molecule has 0 aliphatic rings. The Morgan fingerprint density at radius 3 is 2.40 bits per heavy atom. The summed E-state index contributed by atoms with van der Waals surface area (Å²) in [6, 6.07) is 24.3. The molecule has 0 saturated carbocycles. The first kappa shape index (κ1) is 27.7. The standard InChI is InChI=1S/C33H30N3O3.Pt/c1-19(2)24-17-21(39-30-13-10-23-27(37)11-12-28(38)32(23)35-30)18-26-31(24)22-8-6-7-9-25(22)36(26)29-16-20(14-15-34-29)33(3,4)5;/h6-17,19,37-38H,1-5H3;/q-1;. The summed E-state index contributed by atoms with van der Waals surface area (Å²) in [5.41, 5.74) is 4.48. The quantitative estimate of drug-likeness (QED) is 0.143. The molecular formula is C33H30N3O3Pt-. The van der Waals surface area contributed by atoms with E-state index in [0.717, 1.165) is 33.2 Å². The maximum absolute atomic E-state index is 10.3. The third-order valence-corrected chi connectivity index (χ3v) is 7.16. The summed E-state index contributed by atoms with van der Waals surface area (Å²) in [6.07, 6.45) is 1.86. The van der Waals surface area contributed by atoms with Crippen molar-refractivity contribution in [1.82, 2.24) is 14.5 Å². The van der Waals surface area contributed by atoms with Crippen LogP contribution >= 0.6 is 0 Å². The van der Waals surface area contributed by atoms with Crippen molar-refractivity contribution in [3.05, 3.63) is 90.1 Å². The number of hydrogen-bond donors (Lipinski definition) is 2. The zero-order chi connectivity index (χ0) is 27.5. The minimum atomic E-state index is -0.0285. The van der Waals surface area contributed by atoms with Crippen molar-refractivity contribution in [2.45, 2.75) is 46.0 Å². The number of hydrogen-bond acceptors (Lipinski definition) is 5. The Bertz CT molecular complexity index is 1890. The maximum atomic E-state index is 10.3. The first-order chi connectivity index (χ1) is 18.6. The largest absolute Gasteiger partial charge is 0.507 e. The van der Waals surface area contributed by atoms with Gasteiger partial charge in [0.2, 0.25) is 5.88 Å². The second-order valence-electron chi connectivity index (χ2n) is 11.2. The second kappa shape index (κ2) is 10.3. The van der Waals surface area contributed by atoms with Crippen LogP contribution < -0.4 is 4.74 Å². The molecule has 7 heteroatoms. The molecule has 6 rings (SSSR count). The summed E-state index contributed by atoms with van der Waals surface area (Å²) in [4.78, 5) is 9.25. The molecule has 0 radical (unpaired) electrons. The predicted molar refractivity (Wildman–Crippen MR) is 155 cm³/mol. The fourth-order valence-corrected chi connectivity index (χ4v) is 5.11. The minimum absolute atomic E-state index is 0.